The molecular formula is C24H35N5. The van der Waals surface area contributed by atoms with Gasteiger partial charge in [-0.3, -0.25) is 4.98 Å². The van der Waals surface area contributed by atoms with Crippen molar-refractivity contribution >= 4 is 5.96 Å². The number of hydrogen-bond donors (Lipinski definition) is 2. The number of hydrogen-bond acceptors (Lipinski definition) is 3. The number of rotatable bonds is 7. The Balaban J connectivity index is 1.58. The fourth-order valence-corrected chi connectivity index (χ4v) is 3.82. The molecule has 5 heteroatoms. The Hall–Kier alpha value is -2.40. The second kappa shape index (κ2) is 11.0. The quantitative estimate of drug-likeness (QED) is 0.553. The highest BCUT2D eigenvalue weighted by Gasteiger charge is 2.20. The van der Waals surface area contributed by atoms with E-state index >= 15 is 0 Å². The molecular weight excluding hydrogens is 358 g/mol. The molecule has 156 valence electrons. The maximum absolute atomic E-state index is 4.84. The summed E-state index contributed by atoms with van der Waals surface area (Å²) in [5.74, 6) is 1.65. The van der Waals surface area contributed by atoms with Gasteiger partial charge in [-0.05, 0) is 49.4 Å². The summed E-state index contributed by atoms with van der Waals surface area (Å²) in [6.07, 6.45) is 4.18. The molecule has 0 atom stereocenters. The van der Waals surface area contributed by atoms with Gasteiger partial charge < -0.3 is 15.5 Å². The number of likely N-dealkylation sites (tertiary alicyclic amines) is 1. The molecule has 1 aliphatic rings. The number of benzene rings is 1. The highest BCUT2D eigenvalue weighted by molar-refractivity contribution is 5.80. The molecule has 2 heterocycles. The first kappa shape index (κ1) is 21.3. The van der Waals surface area contributed by atoms with Crippen molar-refractivity contribution in [3.05, 3.63) is 54.2 Å². The topological polar surface area (TPSA) is 52.6 Å². The average Bonchev–Trinajstić information content (AvgIpc) is 2.74. The largest absolute Gasteiger partial charge is 0.357 e. The van der Waals surface area contributed by atoms with Crippen LogP contribution in [0.15, 0.2) is 53.7 Å². The van der Waals surface area contributed by atoms with Gasteiger partial charge in [0.05, 0.1) is 12.2 Å². The summed E-state index contributed by atoms with van der Waals surface area (Å²) in [4.78, 5) is 11.9. The molecule has 5 nitrogen and oxygen atoms in total. The van der Waals surface area contributed by atoms with Crippen LogP contribution in [0.4, 0.5) is 0 Å². The maximum atomic E-state index is 4.84. The van der Waals surface area contributed by atoms with E-state index in [1.165, 1.54) is 38.0 Å². The molecule has 1 aliphatic heterocycles. The minimum atomic E-state index is 0.496. The van der Waals surface area contributed by atoms with Crippen molar-refractivity contribution in [2.45, 2.75) is 46.2 Å². The van der Waals surface area contributed by atoms with E-state index in [0.717, 1.165) is 29.7 Å². The van der Waals surface area contributed by atoms with Gasteiger partial charge in [-0.25, -0.2) is 4.99 Å². The van der Waals surface area contributed by atoms with E-state index in [0.29, 0.717) is 12.6 Å². The van der Waals surface area contributed by atoms with Crippen molar-refractivity contribution in [3.63, 3.8) is 0 Å². The van der Waals surface area contributed by atoms with Crippen LogP contribution in [-0.2, 0) is 6.54 Å². The zero-order valence-corrected chi connectivity index (χ0v) is 18.1. The number of nitrogens with one attached hydrogen (secondary N) is 2. The zero-order valence-electron chi connectivity index (χ0n) is 18.1. The summed E-state index contributed by atoms with van der Waals surface area (Å²) in [7, 11) is 0. The van der Waals surface area contributed by atoms with Crippen molar-refractivity contribution in [1.82, 2.24) is 20.5 Å². The normalized spacial score (nSPS) is 16.2. The second-order valence-corrected chi connectivity index (χ2v) is 8.22. The number of piperidine rings is 1. The van der Waals surface area contributed by atoms with Gasteiger partial charge in [0.2, 0.25) is 0 Å². The molecule has 1 aromatic carbocycles. The average molecular weight is 394 g/mol. The molecule has 3 rings (SSSR count). The molecule has 2 aromatic rings. The molecule has 1 saturated heterocycles. The van der Waals surface area contributed by atoms with Crippen LogP contribution < -0.4 is 10.6 Å². The molecule has 0 bridgehead atoms. The van der Waals surface area contributed by atoms with Gasteiger partial charge in [0.15, 0.2) is 5.96 Å². The summed E-state index contributed by atoms with van der Waals surface area (Å²) in [5, 5.41) is 7.05. The Morgan fingerprint density at radius 1 is 1.17 bits per heavy atom. The van der Waals surface area contributed by atoms with Gasteiger partial charge in [0.25, 0.3) is 0 Å². The van der Waals surface area contributed by atoms with E-state index in [1.54, 1.807) is 0 Å². The van der Waals surface area contributed by atoms with E-state index in [2.05, 4.69) is 65.6 Å². The van der Waals surface area contributed by atoms with Crippen LogP contribution in [0.1, 0.15) is 39.2 Å². The standard InChI is InChI=1S/C24H35N5/c1-4-25-24(28-22-11-14-29(15-12-22)18-19(2)3)27-17-20-8-7-9-21(16-20)23-10-5-6-13-26-23/h5-10,13,16,19,22H,4,11-12,14-15,17-18H2,1-3H3,(H2,25,27,28). The fraction of sp³-hybridized carbons (Fsp3) is 0.500. The van der Waals surface area contributed by atoms with Crippen LogP contribution in [0.3, 0.4) is 0 Å². The number of aliphatic imine (C=N–C) groups is 1. The Labute approximate surface area is 175 Å². The Kier molecular flexibility index (Phi) is 8.05. The number of nitrogens with zero attached hydrogens (tertiary/aromatic N) is 3. The van der Waals surface area contributed by atoms with E-state index in [4.69, 9.17) is 4.99 Å². The lowest BCUT2D eigenvalue weighted by Gasteiger charge is -2.34. The van der Waals surface area contributed by atoms with Crippen LogP contribution >= 0.6 is 0 Å². The smallest absolute Gasteiger partial charge is 0.191 e. The molecule has 0 spiro atoms. The monoisotopic (exact) mass is 393 g/mol. The lowest BCUT2D eigenvalue weighted by molar-refractivity contribution is 0.187. The van der Waals surface area contributed by atoms with Crippen molar-refractivity contribution in [2.24, 2.45) is 10.9 Å². The van der Waals surface area contributed by atoms with Gasteiger partial charge in [0, 0.05) is 44.0 Å². The molecule has 0 aliphatic carbocycles. The van der Waals surface area contributed by atoms with Gasteiger partial charge in [0.1, 0.15) is 0 Å². The maximum Gasteiger partial charge on any atom is 0.191 e. The van der Waals surface area contributed by atoms with E-state index in [1.807, 2.05) is 24.4 Å². The third kappa shape index (κ3) is 6.86. The van der Waals surface area contributed by atoms with Crippen LogP contribution in [0.25, 0.3) is 11.3 Å². The lowest BCUT2D eigenvalue weighted by atomic mass is 10.0. The Morgan fingerprint density at radius 3 is 2.69 bits per heavy atom. The van der Waals surface area contributed by atoms with Crippen molar-refractivity contribution in [1.29, 1.82) is 0 Å². The zero-order chi connectivity index (χ0) is 20.5. The van der Waals surface area contributed by atoms with Crippen molar-refractivity contribution < 1.29 is 0 Å². The van der Waals surface area contributed by atoms with Gasteiger partial charge in [-0.2, -0.15) is 0 Å². The summed E-state index contributed by atoms with van der Waals surface area (Å²) in [6, 6.07) is 15.0. The SMILES string of the molecule is CCNC(=NCc1cccc(-c2ccccn2)c1)NC1CCN(CC(C)C)CC1. The summed E-state index contributed by atoms with van der Waals surface area (Å²) < 4.78 is 0. The predicted molar refractivity (Wildman–Crippen MR) is 122 cm³/mol. The van der Waals surface area contributed by atoms with Crippen LogP contribution in [0.2, 0.25) is 0 Å². The van der Waals surface area contributed by atoms with Gasteiger partial charge >= 0.3 is 0 Å². The molecule has 0 amide bonds. The van der Waals surface area contributed by atoms with E-state index < -0.39 is 0 Å². The molecule has 0 radical (unpaired) electrons. The van der Waals surface area contributed by atoms with E-state index in [9.17, 15) is 0 Å². The minimum absolute atomic E-state index is 0.496. The third-order valence-electron chi connectivity index (χ3n) is 5.20. The first-order valence-corrected chi connectivity index (χ1v) is 10.9. The molecule has 1 fully saturated rings. The summed E-state index contributed by atoms with van der Waals surface area (Å²) in [6.45, 7) is 11.8. The first-order valence-electron chi connectivity index (χ1n) is 10.9. The minimum Gasteiger partial charge on any atom is -0.357 e. The molecule has 0 unspecified atom stereocenters. The Bertz CT molecular complexity index is 764. The Morgan fingerprint density at radius 2 is 2.00 bits per heavy atom. The van der Waals surface area contributed by atoms with Gasteiger partial charge in [-0.1, -0.05) is 38.1 Å². The highest BCUT2D eigenvalue weighted by Crippen LogP contribution is 2.18. The second-order valence-electron chi connectivity index (χ2n) is 8.22. The summed E-state index contributed by atoms with van der Waals surface area (Å²) >= 11 is 0. The van der Waals surface area contributed by atoms with Crippen molar-refractivity contribution in [3.8, 4) is 11.3 Å². The number of guanidine groups is 1. The molecule has 0 saturated carbocycles. The predicted octanol–water partition coefficient (Wildman–Crippen LogP) is 3.92. The lowest BCUT2D eigenvalue weighted by Crippen LogP contribution is -2.49. The van der Waals surface area contributed by atoms with Crippen molar-refractivity contribution in [2.75, 3.05) is 26.2 Å². The fourth-order valence-electron chi connectivity index (χ4n) is 3.82. The molecule has 2 N–H and O–H groups in total. The van der Waals surface area contributed by atoms with Gasteiger partial charge in [-0.15, -0.1) is 0 Å². The highest BCUT2D eigenvalue weighted by atomic mass is 15.2. The molecule has 1 aromatic heterocycles. The van der Waals surface area contributed by atoms with Crippen LogP contribution in [0.5, 0.6) is 0 Å². The number of pyridine rings is 1. The first-order chi connectivity index (χ1) is 14.1. The molecule has 29 heavy (non-hydrogen) atoms. The summed E-state index contributed by atoms with van der Waals surface area (Å²) in [5.41, 5.74) is 3.32. The van der Waals surface area contributed by atoms with E-state index in [-0.39, 0.29) is 0 Å². The van der Waals surface area contributed by atoms with Crippen LogP contribution in [0, 0.1) is 5.92 Å². The third-order valence-corrected chi connectivity index (χ3v) is 5.20. The van der Waals surface area contributed by atoms with Crippen LogP contribution in [-0.4, -0.2) is 48.1 Å². The number of aromatic nitrogens is 1.